The van der Waals surface area contributed by atoms with Crippen LogP contribution in [-0.2, 0) is 0 Å². The van der Waals surface area contributed by atoms with Gasteiger partial charge in [-0.2, -0.15) is 0 Å². The largest absolute Gasteiger partial charge is 0.422 e. The molecule has 26 aromatic rings. The minimum absolute atomic E-state index is 0.0128. The Bertz CT molecular complexity index is 9480. The van der Waals surface area contributed by atoms with Gasteiger partial charge in [-0.25, -0.2) is 28.8 Å². The monoisotopic (exact) mass is 1830 g/mol. The number of ether oxygens (including phenoxy) is 6. The molecule has 26 rings (SSSR count). The lowest BCUT2D eigenvalue weighted by Gasteiger charge is -2.27. The van der Waals surface area contributed by atoms with Crippen molar-refractivity contribution in [2.75, 3.05) is 0 Å². The zero-order valence-corrected chi connectivity index (χ0v) is 75.6. The Labute approximate surface area is 810 Å². The first-order chi connectivity index (χ1) is 69.8. The van der Waals surface area contributed by atoms with Crippen LogP contribution in [0.4, 0.5) is 0 Å². The van der Waals surface area contributed by atoms with Gasteiger partial charge in [-0.05, 0) is 330 Å². The van der Waals surface area contributed by atoms with E-state index in [9.17, 15) is 0 Å². The number of benzene rings is 26. The van der Waals surface area contributed by atoms with Crippen molar-refractivity contribution in [3.63, 3.8) is 0 Å². The Hall–Kier alpha value is -19.3. The van der Waals surface area contributed by atoms with Crippen molar-refractivity contribution in [1.82, 2.24) is 0 Å². The van der Waals surface area contributed by atoms with Crippen LogP contribution in [0.2, 0.25) is 0 Å². The molecule has 12 nitrogen and oxygen atoms in total. The highest BCUT2D eigenvalue weighted by molar-refractivity contribution is 6.25. The predicted octanol–water partition coefficient (Wildman–Crippen LogP) is 32.5. The first kappa shape index (κ1) is 83.3. The number of carbonyl (C=O) groups is 6. The van der Waals surface area contributed by atoms with E-state index in [0.29, 0.717) is 53.9 Å². The standard InChI is InChI=1S/C130H74O12/c131-125(95-47-41-89-57-77-23-1-7-29-83(77)63-101(89)69-95)137-113-55-53-75-21-13-15-35-107(75)115(113)117-109-37-17-19-39-111(109)119(123(141-129(135)99-51-45-93-61-81-27-5-11-33-87(81)67-105(93)73-99)121(117)139-127(133)97-49-43-91-59-79-25-3-9-31-85(79)65-103(91)71-97)120-112-40-20-18-38-110(112)118(116-108-36-16-14-22-76(108)54-56-114(116)138-126(132)96-48-42-90-58-78-24-2-8-30-84(78)64-102(90)70-96)122(140-128(134)98-50-44-92-60-80-26-4-10-32-86(80)66-104(92)72-98)124(120)142-130(136)100-52-46-94-62-82-28-6-12-34-88(82)68-106(94)74-100/h1-74H. The van der Waals surface area contributed by atoms with Crippen LogP contribution in [0, 0.1) is 0 Å². The van der Waals surface area contributed by atoms with E-state index < -0.39 is 47.3 Å². The zero-order chi connectivity index (χ0) is 94.9. The maximum atomic E-state index is 17.1. The summed E-state index contributed by atoms with van der Waals surface area (Å²) >= 11 is 0. The van der Waals surface area contributed by atoms with E-state index in [0.717, 1.165) is 108 Å². The SMILES string of the molecule is O=C(Oc1ccc2ccccc2c1-c1c(OC(=O)c2ccc3cc4ccccc4cc3c2)c(OC(=O)c2ccc3cc4ccccc4cc3c2)c(-c2c(OC(=O)c3ccc4cc5ccccc5cc4c3)c(OC(=O)c3ccc4cc5ccccc5cc4c3)c(-c3c(OC(=O)c4ccc5cc6ccccc6cc5c4)ccc4ccccc34)c3ccccc23)c2ccccc12)c1ccc2cc3ccccc3cc2c1. The lowest BCUT2D eigenvalue weighted by atomic mass is 9.83. The fourth-order valence-electron chi connectivity index (χ4n) is 20.7. The second kappa shape index (κ2) is 33.9. The molecular weight excluding hydrogens is 1750 g/mol. The van der Waals surface area contributed by atoms with E-state index in [-0.39, 0.29) is 101 Å². The number of fused-ring (bicyclic) bond motifs is 16. The van der Waals surface area contributed by atoms with E-state index in [1.165, 1.54) is 0 Å². The number of hydrogen-bond acceptors (Lipinski definition) is 12. The van der Waals surface area contributed by atoms with Gasteiger partial charge in [0.05, 0.1) is 33.4 Å². The summed E-state index contributed by atoms with van der Waals surface area (Å²) in [5.41, 5.74) is 1.36. The third kappa shape index (κ3) is 14.7. The van der Waals surface area contributed by atoms with Gasteiger partial charge in [0.25, 0.3) is 0 Å². The summed E-state index contributed by atoms with van der Waals surface area (Å²) in [5, 5.41) is 24.6. The van der Waals surface area contributed by atoms with Gasteiger partial charge in [0, 0.05) is 33.4 Å². The molecule has 0 amide bonds. The Morgan fingerprint density at radius 1 is 0.120 bits per heavy atom. The summed E-state index contributed by atoms with van der Waals surface area (Å²) in [6, 6.07) is 141. The highest BCUT2D eigenvalue weighted by atomic mass is 16.6. The van der Waals surface area contributed by atoms with Crippen molar-refractivity contribution in [2.24, 2.45) is 0 Å². The molecule has 0 unspecified atom stereocenters. The molecule has 0 saturated heterocycles. The number of rotatable bonds is 15. The van der Waals surface area contributed by atoms with Crippen molar-refractivity contribution in [2.45, 2.75) is 0 Å². The lowest BCUT2D eigenvalue weighted by Crippen LogP contribution is -2.17. The second-order valence-corrected chi connectivity index (χ2v) is 36.1. The van der Waals surface area contributed by atoms with Crippen LogP contribution in [-0.4, -0.2) is 35.8 Å². The smallest absolute Gasteiger partial charge is 0.343 e. The molecule has 0 saturated carbocycles. The molecule has 12 heteroatoms. The van der Waals surface area contributed by atoms with Crippen molar-refractivity contribution < 1.29 is 57.2 Å². The van der Waals surface area contributed by atoms with Crippen LogP contribution in [0.25, 0.3) is 206 Å². The predicted molar refractivity (Wildman–Crippen MR) is 571 cm³/mol. The zero-order valence-electron chi connectivity index (χ0n) is 75.6. The molecule has 142 heavy (non-hydrogen) atoms. The molecule has 0 fully saturated rings. The van der Waals surface area contributed by atoms with Gasteiger partial charge in [-0.15, -0.1) is 0 Å². The quantitative estimate of drug-likeness (QED) is 0.0544. The Morgan fingerprint density at radius 2 is 0.268 bits per heavy atom. The Balaban J connectivity index is 0.788. The minimum Gasteiger partial charge on any atom is -0.422 e. The van der Waals surface area contributed by atoms with Crippen LogP contribution >= 0.6 is 0 Å². The van der Waals surface area contributed by atoms with Gasteiger partial charge in [0.1, 0.15) is 11.5 Å². The van der Waals surface area contributed by atoms with E-state index in [2.05, 4.69) is 36.4 Å². The summed E-state index contributed by atoms with van der Waals surface area (Å²) in [7, 11) is 0. The fourth-order valence-corrected chi connectivity index (χ4v) is 20.7. The number of carbonyl (C=O) groups excluding carboxylic acids is 6. The maximum absolute atomic E-state index is 17.1. The van der Waals surface area contributed by atoms with Gasteiger partial charge in [-0.1, -0.05) is 291 Å². The molecule has 0 spiro atoms. The molecule has 666 valence electrons. The molecule has 0 radical (unpaired) electrons. The van der Waals surface area contributed by atoms with Crippen LogP contribution in [0.15, 0.2) is 449 Å². The highest BCUT2D eigenvalue weighted by Gasteiger charge is 2.39. The second-order valence-electron chi connectivity index (χ2n) is 36.1. The van der Waals surface area contributed by atoms with Crippen molar-refractivity contribution in [3.05, 3.63) is 482 Å². The molecule has 0 aromatic heterocycles. The molecular formula is C130H74O12. The Kier molecular flexibility index (Phi) is 19.9. The molecule has 0 bridgehead atoms. The van der Waals surface area contributed by atoms with Crippen LogP contribution in [0.1, 0.15) is 62.1 Å². The third-order valence-corrected chi connectivity index (χ3v) is 27.6. The van der Waals surface area contributed by atoms with Crippen molar-refractivity contribution in [1.29, 1.82) is 0 Å². The van der Waals surface area contributed by atoms with Gasteiger partial charge in [-0.3, -0.25) is 0 Å². The van der Waals surface area contributed by atoms with E-state index in [1.54, 1.807) is 84.9 Å². The highest BCUT2D eigenvalue weighted by Crippen LogP contribution is 2.62. The fraction of sp³-hybridized carbons (Fsp3) is 0. The van der Waals surface area contributed by atoms with Gasteiger partial charge in [0.2, 0.25) is 0 Å². The summed E-state index contributed by atoms with van der Waals surface area (Å²) in [6.45, 7) is 0. The summed E-state index contributed by atoms with van der Waals surface area (Å²) in [6.07, 6.45) is 0. The van der Waals surface area contributed by atoms with Crippen LogP contribution in [0.3, 0.4) is 0 Å². The van der Waals surface area contributed by atoms with Gasteiger partial charge < -0.3 is 28.4 Å². The molecule has 26 aromatic carbocycles. The van der Waals surface area contributed by atoms with Gasteiger partial charge in [0.15, 0.2) is 23.0 Å². The summed E-state index contributed by atoms with van der Waals surface area (Å²) in [5.74, 6) is -6.73. The maximum Gasteiger partial charge on any atom is 0.343 e. The van der Waals surface area contributed by atoms with Crippen molar-refractivity contribution in [3.8, 4) is 67.9 Å². The van der Waals surface area contributed by atoms with Crippen molar-refractivity contribution >= 4 is 208 Å². The molecule has 0 aliphatic heterocycles. The van der Waals surface area contributed by atoms with Gasteiger partial charge >= 0.3 is 35.8 Å². The first-order valence-corrected chi connectivity index (χ1v) is 46.9. The van der Waals surface area contributed by atoms with Crippen LogP contribution < -0.4 is 28.4 Å². The number of hydrogen-bond donors (Lipinski definition) is 0. The molecule has 0 atom stereocenters. The average Bonchev–Trinajstić information content (AvgIpc) is 0.701. The topological polar surface area (TPSA) is 158 Å². The molecule has 0 aliphatic rings. The lowest BCUT2D eigenvalue weighted by molar-refractivity contribution is 0.0682. The molecule has 0 heterocycles. The molecule has 0 N–H and O–H groups in total. The first-order valence-electron chi connectivity index (χ1n) is 46.9. The molecule has 0 aliphatic carbocycles. The third-order valence-electron chi connectivity index (χ3n) is 27.6. The Morgan fingerprint density at radius 3 is 0.472 bits per heavy atom. The summed E-state index contributed by atoms with van der Waals surface area (Å²) in [4.78, 5) is 99.8. The van der Waals surface area contributed by atoms with E-state index in [1.807, 2.05) is 328 Å². The minimum atomic E-state index is -0.943. The normalized spacial score (nSPS) is 11.7. The van der Waals surface area contributed by atoms with E-state index in [4.69, 9.17) is 28.4 Å². The van der Waals surface area contributed by atoms with E-state index >= 15 is 28.8 Å². The van der Waals surface area contributed by atoms with Crippen LogP contribution in [0.5, 0.6) is 34.5 Å². The number of esters is 6. The average molecular weight is 1830 g/mol. The summed E-state index contributed by atoms with van der Waals surface area (Å²) < 4.78 is 44.2.